The van der Waals surface area contributed by atoms with Gasteiger partial charge in [0.1, 0.15) is 6.61 Å². The Balaban J connectivity index is 1.73. The van der Waals surface area contributed by atoms with Gasteiger partial charge in [0.25, 0.3) is 5.92 Å². The van der Waals surface area contributed by atoms with Crippen molar-refractivity contribution in [1.82, 2.24) is 9.88 Å². The number of benzene rings is 1. The first-order chi connectivity index (χ1) is 13.4. The molecule has 0 aliphatic carbocycles. The van der Waals surface area contributed by atoms with Gasteiger partial charge in [-0.15, -0.1) is 11.6 Å². The Morgan fingerprint density at radius 2 is 2.11 bits per heavy atom. The zero-order valence-corrected chi connectivity index (χ0v) is 16.2. The number of hydrogen-bond donors (Lipinski definition) is 0. The van der Waals surface area contributed by atoms with Gasteiger partial charge in [0, 0.05) is 31.3 Å². The number of rotatable bonds is 5. The van der Waals surface area contributed by atoms with E-state index in [1.165, 1.54) is 18.2 Å². The third-order valence-electron chi connectivity index (χ3n) is 4.78. The molecule has 28 heavy (non-hydrogen) atoms. The van der Waals surface area contributed by atoms with Crippen molar-refractivity contribution in [1.29, 1.82) is 0 Å². The van der Waals surface area contributed by atoms with Crippen LogP contribution >= 0.6 is 11.6 Å². The summed E-state index contributed by atoms with van der Waals surface area (Å²) in [5.41, 5.74) is 1.68. The van der Waals surface area contributed by atoms with Gasteiger partial charge in [0.15, 0.2) is 0 Å². The Morgan fingerprint density at radius 3 is 2.79 bits per heavy atom. The van der Waals surface area contributed by atoms with Gasteiger partial charge in [0.05, 0.1) is 18.9 Å². The highest BCUT2D eigenvalue weighted by Crippen LogP contribution is 2.41. The molecule has 3 rings (SSSR count). The third-order valence-corrected chi connectivity index (χ3v) is 5.07. The Hall–Kier alpha value is -2.41. The Labute approximate surface area is 167 Å². The van der Waals surface area contributed by atoms with E-state index in [9.17, 15) is 13.6 Å². The molecule has 1 atom stereocenters. The number of carbonyl (C=O) groups is 1. The van der Waals surface area contributed by atoms with Crippen LogP contribution in [0.2, 0.25) is 0 Å². The van der Waals surface area contributed by atoms with Crippen molar-refractivity contribution < 1.29 is 23.0 Å². The van der Waals surface area contributed by atoms with Crippen LogP contribution in [0, 0.1) is 0 Å². The van der Waals surface area contributed by atoms with Crippen LogP contribution < -0.4 is 4.74 Å². The standard InChI is InChI=1S/C20H21ClF2N2O3/c1-27-18-15(10-21)9-16(11-24-18)17-12-25(8-7-20(17,22)23)19(26)28-13-14-5-3-2-4-6-14/h2-6,9,11,17H,7-8,10,12-13H2,1H3/t17-/m1/s1. The van der Waals surface area contributed by atoms with E-state index in [4.69, 9.17) is 21.1 Å². The van der Waals surface area contributed by atoms with Crippen LogP contribution in [0.3, 0.4) is 0 Å². The SMILES string of the molecule is COc1ncc([C@H]2CN(C(=O)OCc3ccccc3)CCC2(F)F)cc1CCl. The Kier molecular flexibility index (Phi) is 6.34. The van der Waals surface area contributed by atoms with Gasteiger partial charge >= 0.3 is 6.09 Å². The van der Waals surface area contributed by atoms with Gasteiger partial charge in [-0.05, 0) is 17.2 Å². The van der Waals surface area contributed by atoms with Crippen molar-refractivity contribution in [2.45, 2.75) is 30.7 Å². The quantitative estimate of drug-likeness (QED) is 0.676. The van der Waals surface area contributed by atoms with Crippen LogP contribution in [0.5, 0.6) is 5.88 Å². The van der Waals surface area contributed by atoms with E-state index < -0.39 is 24.4 Å². The number of likely N-dealkylation sites (tertiary alicyclic amines) is 1. The summed E-state index contributed by atoms with van der Waals surface area (Å²) in [6.45, 7) is -0.128. The van der Waals surface area contributed by atoms with E-state index in [0.29, 0.717) is 17.0 Å². The maximum absolute atomic E-state index is 14.6. The second-order valence-electron chi connectivity index (χ2n) is 6.62. The molecule has 0 N–H and O–H groups in total. The molecule has 1 aliphatic heterocycles. The van der Waals surface area contributed by atoms with E-state index in [0.717, 1.165) is 5.56 Å². The van der Waals surface area contributed by atoms with Crippen LogP contribution in [-0.2, 0) is 17.2 Å². The van der Waals surface area contributed by atoms with Gasteiger partial charge < -0.3 is 14.4 Å². The molecule has 1 aliphatic rings. The molecule has 0 radical (unpaired) electrons. The van der Waals surface area contributed by atoms with E-state index in [1.54, 1.807) is 6.07 Å². The molecule has 1 aromatic heterocycles. The number of aromatic nitrogens is 1. The number of amides is 1. The first kappa shape index (κ1) is 20.3. The summed E-state index contributed by atoms with van der Waals surface area (Å²) in [7, 11) is 1.44. The molecule has 2 heterocycles. The van der Waals surface area contributed by atoms with Gasteiger partial charge in [-0.2, -0.15) is 0 Å². The minimum atomic E-state index is -2.96. The van der Waals surface area contributed by atoms with Gasteiger partial charge in [0.2, 0.25) is 5.88 Å². The minimum absolute atomic E-state index is 0.0664. The fourth-order valence-electron chi connectivity index (χ4n) is 3.22. The summed E-state index contributed by atoms with van der Waals surface area (Å²) >= 11 is 5.88. The average Bonchev–Trinajstić information content (AvgIpc) is 2.72. The Morgan fingerprint density at radius 1 is 1.36 bits per heavy atom. The number of hydrogen-bond acceptors (Lipinski definition) is 4. The minimum Gasteiger partial charge on any atom is -0.481 e. The fourth-order valence-corrected chi connectivity index (χ4v) is 3.41. The molecule has 5 nitrogen and oxygen atoms in total. The lowest BCUT2D eigenvalue weighted by atomic mass is 9.87. The topological polar surface area (TPSA) is 51.7 Å². The summed E-state index contributed by atoms with van der Waals surface area (Å²) in [5, 5.41) is 0. The molecule has 1 amide bonds. The second-order valence-corrected chi connectivity index (χ2v) is 6.89. The normalized spacial score (nSPS) is 18.6. The van der Waals surface area contributed by atoms with Crippen molar-refractivity contribution in [2.24, 2.45) is 0 Å². The summed E-state index contributed by atoms with van der Waals surface area (Å²) in [6.07, 6.45) is 0.301. The highest BCUT2D eigenvalue weighted by Gasteiger charge is 2.46. The zero-order valence-electron chi connectivity index (χ0n) is 15.4. The van der Waals surface area contributed by atoms with E-state index >= 15 is 0 Å². The van der Waals surface area contributed by atoms with Crippen LogP contribution in [0.1, 0.15) is 29.0 Å². The molecule has 2 aromatic rings. The fraction of sp³-hybridized carbons (Fsp3) is 0.400. The maximum atomic E-state index is 14.6. The predicted molar refractivity (Wildman–Crippen MR) is 101 cm³/mol. The largest absolute Gasteiger partial charge is 0.481 e. The van der Waals surface area contributed by atoms with Gasteiger partial charge in [-0.3, -0.25) is 0 Å². The number of nitrogens with zero attached hydrogens (tertiary/aromatic N) is 2. The molecule has 0 bridgehead atoms. The van der Waals surface area contributed by atoms with E-state index in [-0.39, 0.29) is 25.6 Å². The smallest absolute Gasteiger partial charge is 0.410 e. The number of pyridine rings is 1. The monoisotopic (exact) mass is 410 g/mol. The third kappa shape index (κ3) is 4.52. The number of alkyl halides is 3. The summed E-state index contributed by atoms with van der Waals surface area (Å²) in [6, 6.07) is 10.8. The van der Waals surface area contributed by atoms with Crippen molar-refractivity contribution in [3.05, 3.63) is 59.3 Å². The molecule has 1 fully saturated rings. The van der Waals surface area contributed by atoms with Crippen LogP contribution in [0.4, 0.5) is 13.6 Å². The van der Waals surface area contributed by atoms with Crippen LogP contribution in [0.15, 0.2) is 42.6 Å². The summed E-state index contributed by atoms with van der Waals surface area (Å²) in [4.78, 5) is 17.8. The van der Waals surface area contributed by atoms with E-state index in [2.05, 4.69) is 4.98 Å². The zero-order chi connectivity index (χ0) is 20.1. The lowest BCUT2D eigenvalue weighted by molar-refractivity contribution is -0.0729. The lowest BCUT2D eigenvalue weighted by Crippen LogP contribution is -2.48. The Bertz CT molecular complexity index is 820. The number of carbonyl (C=O) groups excluding carboxylic acids is 1. The highest BCUT2D eigenvalue weighted by molar-refractivity contribution is 6.17. The number of methoxy groups -OCH3 is 1. The summed E-state index contributed by atoms with van der Waals surface area (Å²) in [5.74, 6) is -3.76. The molecular formula is C20H21ClF2N2O3. The number of piperidine rings is 1. The van der Waals surface area contributed by atoms with Crippen molar-refractivity contribution in [3.8, 4) is 5.88 Å². The molecule has 150 valence electrons. The first-order valence-electron chi connectivity index (χ1n) is 8.87. The number of ether oxygens (including phenoxy) is 2. The number of halogens is 3. The van der Waals surface area contributed by atoms with Gasteiger partial charge in [-0.25, -0.2) is 18.6 Å². The summed E-state index contributed by atoms with van der Waals surface area (Å²) < 4.78 is 39.6. The predicted octanol–water partition coefficient (Wildman–Crippen LogP) is 4.59. The van der Waals surface area contributed by atoms with Crippen molar-refractivity contribution in [3.63, 3.8) is 0 Å². The highest BCUT2D eigenvalue weighted by atomic mass is 35.5. The first-order valence-corrected chi connectivity index (χ1v) is 9.40. The molecule has 8 heteroatoms. The van der Waals surface area contributed by atoms with Crippen molar-refractivity contribution in [2.75, 3.05) is 20.2 Å². The molecular weight excluding hydrogens is 390 g/mol. The molecule has 1 saturated heterocycles. The molecule has 1 aromatic carbocycles. The van der Waals surface area contributed by atoms with Crippen LogP contribution in [0.25, 0.3) is 0 Å². The van der Waals surface area contributed by atoms with E-state index in [1.807, 2.05) is 30.3 Å². The van der Waals surface area contributed by atoms with Gasteiger partial charge in [-0.1, -0.05) is 30.3 Å². The second kappa shape index (κ2) is 8.73. The molecule has 0 saturated carbocycles. The van der Waals surface area contributed by atoms with Crippen molar-refractivity contribution >= 4 is 17.7 Å². The molecule has 0 spiro atoms. The van der Waals surface area contributed by atoms with Crippen LogP contribution in [-0.4, -0.2) is 42.1 Å². The average molecular weight is 411 g/mol. The maximum Gasteiger partial charge on any atom is 0.410 e. The lowest BCUT2D eigenvalue weighted by Gasteiger charge is -2.38. The molecule has 0 unspecified atom stereocenters.